The minimum absolute atomic E-state index is 0.554. The predicted octanol–water partition coefficient (Wildman–Crippen LogP) is 2.85. The maximum atomic E-state index is 4.83. The third-order valence-electron chi connectivity index (χ3n) is 4.17. The number of anilines is 2. The van der Waals surface area contributed by atoms with Gasteiger partial charge in [0.05, 0.1) is 11.4 Å². The van der Waals surface area contributed by atoms with Crippen molar-refractivity contribution < 1.29 is 0 Å². The first-order valence-electron chi connectivity index (χ1n) is 7.25. The molecule has 1 N–H and O–H groups in total. The first-order chi connectivity index (χ1) is 9.79. The van der Waals surface area contributed by atoms with Crippen molar-refractivity contribution in [1.29, 1.82) is 0 Å². The van der Waals surface area contributed by atoms with Crippen LogP contribution in [0.15, 0.2) is 30.5 Å². The van der Waals surface area contributed by atoms with Crippen LogP contribution in [0.5, 0.6) is 0 Å². The second-order valence-electron chi connectivity index (χ2n) is 5.68. The summed E-state index contributed by atoms with van der Waals surface area (Å²) in [5.74, 6) is 1.04. The average molecular weight is 266 g/mol. The van der Waals surface area contributed by atoms with Gasteiger partial charge in [-0.1, -0.05) is 0 Å². The summed E-state index contributed by atoms with van der Waals surface area (Å²) in [6.45, 7) is 4.28. The number of nitrogens with zero attached hydrogens (tertiary/aromatic N) is 3. The monoisotopic (exact) mass is 266 g/mol. The van der Waals surface area contributed by atoms with Crippen molar-refractivity contribution in [1.82, 2.24) is 9.97 Å². The molecule has 2 aliphatic heterocycles. The highest BCUT2D eigenvalue weighted by atomic mass is 15.2. The highest BCUT2D eigenvalue weighted by Crippen LogP contribution is 2.34. The summed E-state index contributed by atoms with van der Waals surface area (Å²) < 4.78 is 0. The van der Waals surface area contributed by atoms with Gasteiger partial charge in [0.1, 0.15) is 0 Å². The van der Waals surface area contributed by atoms with Crippen LogP contribution >= 0.6 is 0 Å². The van der Waals surface area contributed by atoms with Gasteiger partial charge < -0.3 is 10.2 Å². The molecule has 1 unspecified atom stereocenters. The molecule has 4 rings (SSSR count). The van der Waals surface area contributed by atoms with Crippen molar-refractivity contribution in [2.45, 2.75) is 25.8 Å². The third-order valence-corrected chi connectivity index (χ3v) is 4.17. The smallest absolute Gasteiger partial charge is 0.150 e. The lowest BCUT2D eigenvalue weighted by atomic mass is 10.0. The van der Waals surface area contributed by atoms with Crippen LogP contribution in [-0.2, 0) is 0 Å². The zero-order valence-corrected chi connectivity index (χ0v) is 11.6. The number of hydrogen-bond donors (Lipinski definition) is 1. The fourth-order valence-corrected chi connectivity index (χ4v) is 3.19. The summed E-state index contributed by atoms with van der Waals surface area (Å²) >= 11 is 0. The summed E-state index contributed by atoms with van der Waals surface area (Å²) in [6.07, 6.45) is 4.36. The van der Waals surface area contributed by atoms with Gasteiger partial charge in [0.2, 0.25) is 0 Å². The molecule has 0 amide bonds. The second kappa shape index (κ2) is 4.47. The fraction of sp³-hybridized carbons (Fsp3) is 0.375. The van der Waals surface area contributed by atoms with E-state index in [2.05, 4.69) is 33.4 Å². The largest absolute Gasteiger partial charge is 0.366 e. The second-order valence-corrected chi connectivity index (χ2v) is 5.68. The highest BCUT2D eigenvalue weighted by Gasteiger charge is 2.28. The lowest BCUT2D eigenvalue weighted by Gasteiger charge is -2.40. The van der Waals surface area contributed by atoms with Crippen LogP contribution in [0.25, 0.3) is 11.3 Å². The number of aromatic nitrogens is 2. The molecular formula is C16H18N4. The van der Waals surface area contributed by atoms with Crippen molar-refractivity contribution in [2.75, 3.05) is 23.3 Å². The Hall–Kier alpha value is -2.10. The molecule has 2 aromatic rings. The molecule has 0 aromatic carbocycles. The quantitative estimate of drug-likeness (QED) is 0.861. The number of nitrogens with one attached hydrogen (secondary N) is 1. The fourth-order valence-electron chi connectivity index (χ4n) is 3.19. The number of aryl methyl sites for hydroxylation is 1. The third kappa shape index (κ3) is 1.92. The van der Waals surface area contributed by atoms with Gasteiger partial charge in [0.25, 0.3) is 0 Å². The summed E-state index contributed by atoms with van der Waals surface area (Å²) in [6, 6.07) is 8.97. The van der Waals surface area contributed by atoms with E-state index in [1.165, 1.54) is 18.5 Å². The van der Waals surface area contributed by atoms with E-state index in [4.69, 9.17) is 4.98 Å². The minimum atomic E-state index is 0.554. The van der Waals surface area contributed by atoms with Gasteiger partial charge in [0.15, 0.2) is 5.82 Å². The van der Waals surface area contributed by atoms with Gasteiger partial charge >= 0.3 is 0 Å². The molecule has 0 saturated carbocycles. The molecule has 0 spiro atoms. The van der Waals surface area contributed by atoms with Gasteiger partial charge in [-0.2, -0.15) is 0 Å². The van der Waals surface area contributed by atoms with Gasteiger partial charge in [-0.15, -0.1) is 0 Å². The number of fused-ring (bicyclic) bond motifs is 4. The zero-order chi connectivity index (χ0) is 13.5. The van der Waals surface area contributed by atoms with Crippen LogP contribution < -0.4 is 10.2 Å². The van der Waals surface area contributed by atoms with E-state index < -0.39 is 0 Å². The minimum Gasteiger partial charge on any atom is -0.366 e. The summed E-state index contributed by atoms with van der Waals surface area (Å²) in [4.78, 5) is 11.5. The SMILES string of the molecule is Cc1cc(-c2ccc3c(n2)NC2CCCN3C2)ccn1. The van der Waals surface area contributed by atoms with E-state index in [-0.39, 0.29) is 0 Å². The summed E-state index contributed by atoms with van der Waals surface area (Å²) in [5, 5.41) is 3.58. The lowest BCUT2D eigenvalue weighted by molar-refractivity contribution is 0.516. The van der Waals surface area contributed by atoms with Gasteiger partial charge in [-0.25, -0.2) is 4.98 Å². The number of hydrogen-bond acceptors (Lipinski definition) is 4. The molecule has 4 heteroatoms. The van der Waals surface area contributed by atoms with Crippen molar-refractivity contribution >= 4 is 11.5 Å². The Bertz CT molecular complexity index is 653. The van der Waals surface area contributed by atoms with E-state index in [9.17, 15) is 0 Å². The Morgan fingerprint density at radius 2 is 2.25 bits per heavy atom. The molecule has 1 fully saturated rings. The van der Waals surface area contributed by atoms with Crippen LogP contribution in [0, 0.1) is 6.92 Å². The molecule has 4 nitrogen and oxygen atoms in total. The number of rotatable bonds is 1. The predicted molar refractivity (Wildman–Crippen MR) is 81.1 cm³/mol. The molecule has 20 heavy (non-hydrogen) atoms. The molecule has 1 saturated heterocycles. The Morgan fingerprint density at radius 3 is 3.15 bits per heavy atom. The van der Waals surface area contributed by atoms with E-state index in [1.54, 1.807) is 0 Å². The van der Waals surface area contributed by atoms with Gasteiger partial charge in [-0.3, -0.25) is 4.98 Å². The molecule has 2 aliphatic rings. The van der Waals surface area contributed by atoms with Crippen molar-refractivity contribution in [2.24, 2.45) is 0 Å². The first-order valence-corrected chi connectivity index (χ1v) is 7.25. The molecule has 2 aromatic heterocycles. The normalized spacial score (nSPS) is 20.2. The number of piperidine rings is 1. The molecule has 0 aliphatic carbocycles. The Kier molecular flexibility index (Phi) is 2.62. The van der Waals surface area contributed by atoms with E-state index >= 15 is 0 Å². The maximum absolute atomic E-state index is 4.83. The van der Waals surface area contributed by atoms with Crippen LogP contribution in [0.4, 0.5) is 11.5 Å². The van der Waals surface area contributed by atoms with Crippen LogP contribution in [-0.4, -0.2) is 29.1 Å². The lowest BCUT2D eigenvalue weighted by Crippen LogP contribution is -2.46. The highest BCUT2D eigenvalue weighted by molar-refractivity contribution is 5.74. The topological polar surface area (TPSA) is 41.1 Å². The molecule has 0 radical (unpaired) electrons. The van der Waals surface area contributed by atoms with Crippen molar-refractivity contribution in [3.63, 3.8) is 0 Å². The van der Waals surface area contributed by atoms with Crippen LogP contribution in [0.3, 0.4) is 0 Å². The Balaban J connectivity index is 1.76. The molecule has 1 atom stereocenters. The maximum Gasteiger partial charge on any atom is 0.150 e. The molecule has 2 bridgehead atoms. The molecule has 102 valence electrons. The first kappa shape index (κ1) is 11.7. The van der Waals surface area contributed by atoms with Crippen LogP contribution in [0.1, 0.15) is 18.5 Å². The Morgan fingerprint density at radius 1 is 1.30 bits per heavy atom. The number of pyridine rings is 2. The van der Waals surface area contributed by atoms with Crippen molar-refractivity contribution in [3.8, 4) is 11.3 Å². The average Bonchev–Trinajstić information content (AvgIpc) is 2.47. The van der Waals surface area contributed by atoms with Gasteiger partial charge in [0, 0.05) is 36.6 Å². The van der Waals surface area contributed by atoms with E-state index in [0.29, 0.717) is 6.04 Å². The van der Waals surface area contributed by atoms with Crippen molar-refractivity contribution in [3.05, 3.63) is 36.2 Å². The molecule has 4 heterocycles. The summed E-state index contributed by atoms with van der Waals surface area (Å²) in [5.41, 5.74) is 4.42. The van der Waals surface area contributed by atoms with Gasteiger partial charge in [-0.05, 0) is 44.0 Å². The summed E-state index contributed by atoms with van der Waals surface area (Å²) in [7, 11) is 0. The van der Waals surface area contributed by atoms with E-state index in [0.717, 1.165) is 35.9 Å². The standard InChI is InChI=1S/C16H18N4/c1-11-9-12(6-7-17-11)14-4-5-15-16(19-14)18-13-3-2-8-20(15)10-13/h4-7,9,13H,2-3,8,10H2,1H3,(H,18,19). The van der Waals surface area contributed by atoms with E-state index in [1.807, 2.05) is 19.2 Å². The molecular weight excluding hydrogens is 248 g/mol. The Labute approximate surface area is 118 Å². The zero-order valence-electron chi connectivity index (χ0n) is 11.6. The van der Waals surface area contributed by atoms with Crippen LogP contribution in [0.2, 0.25) is 0 Å².